The van der Waals surface area contributed by atoms with E-state index in [-0.39, 0.29) is 29.3 Å². The molecule has 2 bridgehead atoms. The lowest BCUT2D eigenvalue weighted by Crippen LogP contribution is -2.58. The fourth-order valence-corrected chi connectivity index (χ4v) is 6.60. The Morgan fingerprint density at radius 1 is 1.05 bits per heavy atom. The third-order valence-corrected chi connectivity index (χ3v) is 9.01. The average molecular weight is 696 g/mol. The van der Waals surface area contributed by atoms with Crippen molar-refractivity contribution in [1.29, 1.82) is 0 Å². The van der Waals surface area contributed by atoms with Crippen molar-refractivity contribution in [3.05, 3.63) is 68.8 Å². The van der Waals surface area contributed by atoms with Gasteiger partial charge >= 0.3 is 12.3 Å². The van der Waals surface area contributed by atoms with Crippen LogP contribution in [-0.4, -0.2) is 41.5 Å². The topological polar surface area (TPSA) is 86.8 Å². The van der Waals surface area contributed by atoms with E-state index in [9.17, 15) is 22.8 Å². The molecule has 1 fully saturated rings. The fourth-order valence-electron chi connectivity index (χ4n) is 6.06. The Bertz CT molecular complexity index is 1690. The van der Waals surface area contributed by atoms with Crippen molar-refractivity contribution in [2.75, 3.05) is 7.11 Å². The molecule has 44 heavy (non-hydrogen) atoms. The number of nitrogens with zero attached hydrogens (tertiary/aromatic N) is 1. The molecule has 3 aliphatic rings. The third-order valence-electron chi connectivity index (χ3n) is 8.15. The van der Waals surface area contributed by atoms with Crippen LogP contribution in [0.1, 0.15) is 67.9 Å². The Hall–Kier alpha value is -3.31. The van der Waals surface area contributed by atoms with Gasteiger partial charge in [-0.05, 0) is 101 Å². The number of aromatic nitrogens is 1. The van der Waals surface area contributed by atoms with Crippen LogP contribution in [0.15, 0.2) is 46.9 Å². The lowest BCUT2D eigenvalue weighted by Gasteiger charge is -2.52. The summed E-state index contributed by atoms with van der Waals surface area (Å²) < 4.78 is 57.1. The first kappa shape index (κ1) is 32.1. The Morgan fingerprint density at radius 2 is 1.73 bits per heavy atom. The number of halogens is 5. The molecular formula is C32H31BrClF3N2O5. The first-order chi connectivity index (χ1) is 20.5. The summed E-state index contributed by atoms with van der Waals surface area (Å²) in [6.45, 7) is 6.95. The van der Waals surface area contributed by atoms with Crippen molar-refractivity contribution < 1.29 is 37.0 Å². The number of rotatable bonds is 6. The summed E-state index contributed by atoms with van der Waals surface area (Å²) in [5, 5.41) is 3.87. The molecule has 234 valence electrons. The van der Waals surface area contributed by atoms with Gasteiger partial charge in [0.2, 0.25) is 0 Å². The molecule has 0 spiro atoms. The second kappa shape index (κ2) is 11.2. The monoisotopic (exact) mass is 694 g/mol. The Balaban J connectivity index is 1.69. The number of benzene rings is 2. The van der Waals surface area contributed by atoms with Crippen LogP contribution in [0, 0.1) is 12.3 Å². The summed E-state index contributed by atoms with van der Waals surface area (Å²) in [7, 11) is 1.39. The second-order valence-electron chi connectivity index (χ2n) is 12.2. The molecule has 0 atom stereocenters. The standard InChI is InChI=1S/C32H31BrClF3N2O5/c1-17-25(21-14-18(33)6-8-23(21)38-26(17)34)27(40)39-31-12-10-30(11-13-31,28(41)44-29(2,3)4)16-22(31)20-15-19(42-5)7-9-24(20)43-32(35,36)37/h6-9,14-16H,10-13H2,1-5H3,(H,39,40). The molecule has 7 nitrogen and oxygen atoms in total. The predicted octanol–water partition coefficient (Wildman–Crippen LogP) is 8.33. The van der Waals surface area contributed by atoms with Crippen LogP contribution >= 0.6 is 27.5 Å². The Kier molecular flexibility index (Phi) is 8.20. The second-order valence-corrected chi connectivity index (χ2v) is 13.5. The Labute approximate surface area is 266 Å². The van der Waals surface area contributed by atoms with Crippen LogP contribution in [0.2, 0.25) is 5.15 Å². The molecule has 1 saturated carbocycles. The molecule has 0 saturated heterocycles. The van der Waals surface area contributed by atoms with E-state index in [2.05, 4.69) is 31.0 Å². The number of carbonyl (C=O) groups is 2. The lowest BCUT2D eigenvalue weighted by molar-refractivity contribution is -0.274. The maximum absolute atomic E-state index is 14.2. The van der Waals surface area contributed by atoms with Crippen molar-refractivity contribution in [2.24, 2.45) is 5.41 Å². The van der Waals surface area contributed by atoms with Crippen LogP contribution in [0.25, 0.3) is 16.5 Å². The largest absolute Gasteiger partial charge is 0.573 e. The SMILES string of the molecule is COc1ccc(OC(F)(F)F)c(C2=CC3(C(=O)OC(C)(C)C)CCC2(NC(=O)c2c(C)c(Cl)nc4ccc(Br)cc24)CC3)c1. The minimum Gasteiger partial charge on any atom is -0.497 e. The van der Waals surface area contributed by atoms with Crippen LogP contribution in [-0.2, 0) is 9.53 Å². The highest BCUT2D eigenvalue weighted by Gasteiger charge is 2.55. The van der Waals surface area contributed by atoms with E-state index >= 15 is 0 Å². The molecule has 0 aliphatic heterocycles. The van der Waals surface area contributed by atoms with Gasteiger partial charge in [-0.3, -0.25) is 9.59 Å². The molecule has 3 aliphatic carbocycles. The van der Waals surface area contributed by atoms with Gasteiger partial charge in [-0.25, -0.2) is 4.98 Å². The molecule has 1 heterocycles. The zero-order valence-corrected chi connectivity index (χ0v) is 27.1. The van der Waals surface area contributed by atoms with Crippen molar-refractivity contribution >= 4 is 55.9 Å². The van der Waals surface area contributed by atoms with E-state index in [4.69, 9.17) is 21.1 Å². The number of hydrogen-bond donors (Lipinski definition) is 1. The van der Waals surface area contributed by atoms with Crippen molar-refractivity contribution in [3.63, 3.8) is 0 Å². The number of esters is 1. The molecule has 3 aromatic rings. The van der Waals surface area contributed by atoms with Crippen LogP contribution in [0.5, 0.6) is 11.5 Å². The maximum Gasteiger partial charge on any atom is 0.573 e. The number of ether oxygens (including phenoxy) is 3. The number of hydrogen-bond acceptors (Lipinski definition) is 6. The first-order valence-electron chi connectivity index (χ1n) is 13.9. The smallest absolute Gasteiger partial charge is 0.497 e. The van der Waals surface area contributed by atoms with Crippen molar-refractivity contribution in [1.82, 2.24) is 10.3 Å². The summed E-state index contributed by atoms with van der Waals surface area (Å²) in [5.74, 6) is -1.16. The van der Waals surface area contributed by atoms with Gasteiger partial charge in [0, 0.05) is 15.4 Å². The van der Waals surface area contributed by atoms with Crippen LogP contribution in [0.4, 0.5) is 13.2 Å². The van der Waals surface area contributed by atoms with Gasteiger partial charge in [-0.15, -0.1) is 13.2 Å². The van der Waals surface area contributed by atoms with Gasteiger partial charge in [-0.2, -0.15) is 0 Å². The lowest BCUT2D eigenvalue weighted by atomic mass is 9.57. The molecule has 2 aromatic carbocycles. The number of alkyl halides is 3. The van der Waals surface area contributed by atoms with Gasteiger partial charge in [0.15, 0.2) is 0 Å². The van der Waals surface area contributed by atoms with E-state index in [0.29, 0.717) is 40.4 Å². The molecule has 0 unspecified atom stereocenters. The normalized spacial score (nSPS) is 21.5. The molecule has 12 heteroatoms. The fraction of sp³-hybridized carbons (Fsp3) is 0.406. The number of nitrogens with one attached hydrogen (secondary N) is 1. The minimum atomic E-state index is -4.99. The summed E-state index contributed by atoms with van der Waals surface area (Å²) in [4.78, 5) is 32.2. The van der Waals surface area contributed by atoms with Crippen molar-refractivity contribution in [2.45, 2.75) is 70.9 Å². The molecule has 1 amide bonds. The zero-order valence-electron chi connectivity index (χ0n) is 24.7. The average Bonchev–Trinajstić information content (AvgIpc) is 2.93. The third kappa shape index (κ3) is 6.13. The predicted molar refractivity (Wildman–Crippen MR) is 164 cm³/mol. The van der Waals surface area contributed by atoms with Crippen LogP contribution < -0.4 is 14.8 Å². The number of fused-ring (bicyclic) bond motifs is 3. The van der Waals surface area contributed by atoms with Crippen LogP contribution in [0.3, 0.4) is 0 Å². The summed E-state index contributed by atoms with van der Waals surface area (Å²) >= 11 is 9.89. The molecular weight excluding hydrogens is 665 g/mol. The van der Waals surface area contributed by atoms with E-state index in [1.165, 1.54) is 19.2 Å². The number of pyridine rings is 1. The highest BCUT2D eigenvalue weighted by atomic mass is 79.9. The maximum atomic E-state index is 14.2. The number of methoxy groups -OCH3 is 1. The molecule has 0 radical (unpaired) electrons. The summed E-state index contributed by atoms with van der Waals surface area (Å²) in [6.07, 6.45) is -2.21. The highest BCUT2D eigenvalue weighted by molar-refractivity contribution is 9.10. The molecule has 1 aromatic heterocycles. The van der Waals surface area contributed by atoms with Gasteiger partial charge < -0.3 is 19.5 Å². The molecule has 6 rings (SSSR count). The van der Waals surface area contributed by atoms with E-state index < -0.39 is 40.5 Å². The summed E-state index contributed by atoms with van der Waals surface area (Å²) in [5.41, 5.74) is -1.43. The summed E-state index contributed by atoms with van der Waals surface area (Å²) in [6, 6.07) is 9.23. The minimum absolute atomic E-state index is 0.0476. The quantitative estimate of drug-likeness (QED) is 0.206. The highest BCUT2D eigenvalue weighted by Crippen LogP contribution is 2.57. The van der Waals surface area contributed by atoms with E-state index in [1.807, 2.05) is 0 Å². The van der Waals surface area contributed by atoms with Gasteiger partial charge in [0.25, 0.3) is 5.91 Å². The Morgan fingerprint density at radius 3 is 2.34 bits per heavy atom. The first-order valence-corrected chi connectivity index (χ1v) is 15.1. The van der Waals surface area contributed by atoms with Gasteiger partial charge in [-0.1, -0.05) is 33.6 Å². The van der Waals surface area contributed by atoms with Gasteiger partial charge in [0.1, 0.15) is 22.3 Å². The number of carbonyl (C=O) groups excluding carboxylic acids is 2. The van der Waals surface area contributed by atoms with Gasteiger partial charge in [0.05, 0.1) is 29.1 Å². The molecule has 1 N–H and O–H groups in total. The number of amides is 1. The van der Waals surface area contributed by atoms with E-state index in [1.54, 1.807) is 52.0 Å². The zero-order chi connectivity index (χ0) is 32.2. The van der Waals surface area contributed by atoms with Crippen molar-refractivity contribution in [3.8, 4) is 11.5 Å². The van der Waals surface area contributed by atoms with E-state index in [0.717, 1.165) is 10.5 Å².